The van der Waals surface area contributed by atoms with Gasteiger partial charge in [0.05, 0.1) is 25.0 Å². The first-order chi connectivity index (χ1) is 9.15. The van der Waals surface area contributed by atoms with Gasteiger partial charge in [0.15, 0.2) is 0 Å². The van der Waals surface area contributed by atoms with E-state index in [1.54, 1.807) is 0 Å². The van der Waals surface area contributed by atoms with Crippen LogP contribution in [0, 0.1) is 16.7 Å². The highest BCUT2D eigenvalue weighted by molar-refractivity contribution is 5.93. The summed E-state index contributed by atoms with van der Waals surface area (Å²) in [4.78, 5) is 2.16. The normalized spacial score (nSPS) is 16.9. The lowest BCUT2D eigenvalue weighted by Crippen LogP contribution is -2.49. The number of ether oxygens (including phenoxy) is 1. The second-order valence-corrected chi connectivity index (χ2v) is 5.38. The molecule has 4 nitrogen and oxygen atoms in total. The standard InChI is InChI=1S/C15H17N3O/c1-17-7-14(12-5-3-4-6-13(12)17)18(2)9-15(8-16)10-19-11-15/h3-7H,9-11H2,1-2H3. The van der Waals surface area contributed by atoms with Crippen LogP contribution in [-0.2, 0) is 11.8 Å². The van der Waals surface area contributed by atoms with Gasteiger partial charge in [0.25, 0.3) is 0 Å². The first-order valence-electron chi connectivity index (χ1n) is 6.39. The minimum atomic E-state index is -0.342. The fourth-order valence-electron chi connectivity index (χ4n) is 2.70. The number of rotatable bonds is 3. The van der Waals surface area contributed by atoms with Crippen LogP contribution in [0.2, 0.25) is 0 Å². The van der Waals surface area contributed by atoms with Gasteiger partial charge < -0.3 is 14.2 Å². The van der Waals surface area contributed by atoms with Crippen molar-refractivity contribution in [2.24, 2.45) is 12.5 Å². The molecule has 1 aromatic carbocycles. The Balaban J connectivity index is 1.94. The van der Waals surface area contributed by atoms with E-state index in [9.17, 15) is 5.26 Å². The number of para-hydroxylation sites is 1. The maximum Gasteiger partial charge on any atom is 0.121 e. The number of hydrogen-bond donors (Lipinski definition) is 0. The van der Waals surface area contributed by atoms with Crippen LogP contribution in [0.25, 0.3) is 10.9 Å². The van der Waals surface area contributed by atoms with Crippen LogP contribution < -0.4 is 4.90 Å². The molecule has 0 bridgehead atoms. The molecule has 0 aliphatic carbocycles. The van der Waals surface area contributed by atoms with Gasteiger partial charge in [-0.2, -0.15) is 5.26 Å². The Labute approximate surface area is 112 Å². The van der Waals surface area contributed by atoms with Crippen LogP contribution in [-0.4, -0.2) is 31.4 Å². The third kappa shape index (κ3) is 1.87. The molecule has 4 heteroatoms. The van der Waals surface area contributed by atoms with E-state index < -0.39 is 0 Å². The van der Waals surface area contributed by atoms with Crippen molar-refractivity contribution in [3.8, 4) is 6.07 Å². The second-order valence-electron chi connectivity index (χ2n) is 5.38. The summed E-state index contributed by atoms with van der Waals surface area (Å²) >= 11 is 0. The summed E-state index contributed by atoms with van der Waals surface area (Å²) in [6.45, 7) is 1.79. The predicted molar refractivity (Wildman–Crippen MR) is 75.1 cm³/mol. The summed E-state index contributed by atoms with van der Waals surface area (Å²) in [5.74, 6) is 0. The lowest BCUT2D eigenvalue weighted by molar-refractivity contribution is -0.0716. The summed E-state index contributed by atoms with van der Waals surface area (Å²) in [6, 6.07) is 10.7. The van der Waals surface area contributed by atoms with Crippen molar-refractivity contribution in [2.75, 3.05) is 31.7 Å². The monoisotopic (exact) mass is 255 g/mol. The van der Waals surface area contributed by atoms with E-state index in [-0.39, 0.29) is 5.41 Å². The van der Waals surface area contributed by atoms with Crippen molar-refractivity contribution in [2.45, 2.75) is 0 Å². The third-order valence-electron chi connectivity index (χ3n) is 3.82. The lowest BCUT2D eigenvalue weighted by Gasteiger charge is -2.38. The smallest absolute Gasteiger partial charge is 0.121 e. The van der Waals surface area contributed by atoms with Crippen LogP contribution in [0.3, 0.4) is 0 Å². The average molecular weight is 255 g/mol. The molecule has 0 radical (unpaired) electrons. The molecule has 2 aromatic rings. The number of anilines is 1. The topological polar surface area (TPSA) is 41.2 Å². The molecule has 98 valence electrons. The largest absolute Gasteiger partial charge is 0.378 e. The van der Waals surface area contributed by atoms with E-state index in [1.807, 2.05) is 26.2 Å². The zero-order valence-corrected chi connectivity index (χ0v) is 11.3. The van der Waals surface area contributed by atoms with Gasteiger partial charge in [-0.3, -0.25) is 0 Å². The molecule has 0 atom stereocenters. The van der Waals surface area contributed by atoms with E-state index in [2.05, 4.69) is 33.9 Å². The van der Waals surface area contributed by atoms with Gasteiger partial charge in [-0.05, 0) is 6.07 Å². The molecule has 0 spiro atoms. The van der Waals surface area contributed by atoms with Crippen molar-refractivity contribution in [3.05, 3.63) is 30.5 Å². The molecular formula is C15H17N3O. The second kappa shape index (κ2) is 4.29. The Hall–Kier alpha value is -1.99. The van der Waals surface area contributed by atoms with E-state index in [4.69, 9.17) is 4.74 Å². The highest BCUT2D eigenvalue weighted by Gasteiger charge is 2.40. The first-order valence-corrected chi connectivity index (χ1v) is 6.39. The molecule has 0 unspecified atom stereocenters. The Morgan fingerprint density at radius 1 is 1.42 bits per heavy atom. The van der Waals surface area contributed by atoms with E-state index in [0.29, 0.717) is 19.8 Å². The van der Waals surface area contributed by atoms with Gasteiger partial charge in [-0.15, -0.1) is 0 Å². The molecule has 0 amide bonds. The van der Waals surface area contributed by atoms with Gasteiger partial charge in [0.2, 0.25) is 0 Å². The van der Waals surface area contributed by atoms with Gasteiger partial charge >= 0.3 is 0 Å². The number of aryl methyl sites for hydroxylation is 1. The first kappa shape index (κ1) is 12.1. The fraction of sp³-hybridized carbons (Fsp3) is 0.400. The molecule has 1 aliphatic rings. The number of aromatic nitrogens is 1. The summed E-state index contributed by atoms with van der Waals surface area (Å²) < 4.78 is 7.33. The SMILES string of the molecule is CN(CC1(C#N)COC1)c1cn(C)c2ccccc12. The molecule has 1 aromatic heterocycles. The number of fused-ring (bicyclic) bond motifs is 1. The Bertz CT molecular complexity index is 649. The number of nitrogens with zero attached hydrogens (tertiary/aromatic N) is 3. The van der Waals surface area contributed by atoms with Gasteiger partial charge in [-0.25, -0.2) is 0 Å². The molecular weight excluding hydrogens is 238 g/mol. The molecule has 19 heavy (non-hydrogen) atoms. The van der Waals surface area contributed by atoms with E-state index in [1.165, 1.54) is 16.6 Å². The van der Waals surface area contributed by atoms with Crippen molar-refractivity contribution in [1.82, 2.24) is 4.57 Å². The lowest BCUT2D eigenvalue weighted by atomic mass is 9.87. The van der Waals surface area contributed by atoms with Gasteiger partial charge in [-0.1, -0.05) is 18.2 Å². The molecule has 3 rings (SSSR count). The summed E-state index contributed by atoms with van der Waals surface area (Å²) in [7, 11) is 4.09. The third-order valence-corrected chi connectivity index (χ3v) is 3.82. The van der Waals surface area contributed by atoms with Crippen LogP contribution in [0.5, 0.6) is 0 Å². The number of hydrogen-bond acceptors (Lipinski definition) is 3. The molecule has 0 saturated carbocycles. The number of benzene rings is 1. The Morgan fingerprint density at radius 3 is 2.79 bits per heavy atom. The molecule has 2 heterocycles. The van der Waals surface area contributed by atoms with Crippen molar-refractivity contribution in [3.63, 3.8) is 0 Å². The average Bonchev–Trinajstić information content (AvgIpc) is 2.72. The highest BCUT2D eigenvalue weighted by atomic mass is 16.5. The predicted octanol–water partition coefficient (Wildman–Crippen LogP) is 2.15. The van der Waals surface area contributed by atoms with Crippen molar-refractivity contribution >= 4 is 16.6 Å². The van der Waals surface area contributed by atoms with E-state index >= 15 is 0 Å². The van der Waals surface area contributed by atoms with Crippen LogP contribution in [0.4, 0.5) is 5.69 Å². The van der Waals surface area contributed by atoms with E-state index in [0.717, 1.165) is 0 Å². The zero-order valence-electron chi connectivity index (χ0n) is 11.3. The van der Waals surface area contributed by atoms with Crippen LogP contribution >= 0.6 is 0 Å². The number of nitriles is 1. The molecule has 0 N–H and O–H groups in total. The summed E-state index contributed by atoms with van der Waals surface area (Å²) in [6.07, 6.45) is 2.12. The minimum Gasteiger partial charge on any atom is -0.378 e. The van der Waals surface area contributed by atoms with Gasteiger partial charge in [0, 0.05) is 37.7 Å². The zero-order chi connectivity index (χ0) is 13.5. The fourth-order valence-corrected chi connectivity index (χ4v) is 2.70. The maximum atomic E-state index is 9.29. The maximum absolute atomic E-state index is 9.29. The summed E-state index contributed by atoms with van der Waals surface area (Å²) in [5.41, 5.74) is 2.03. The summed E-state index contributed by atoms with van der Waals surface area (Å²) in [5, 5.41) is 10.5. The van der Waals surface area contributed by atoms with Crippen LogP contribution in [0.15, 0.2) is 30.5 Å². The Kier molecular flexibility index (Phi) is 2.72. The minimum absolute atomic E-state index is 0.342. The molecule has 1 saturated heterocycles. The van der Waals surface area contributed by atoms with Crippen LogP contribution in [0.1, 0.15) is 0 Å². The highest BCUT2D eigenvalue weighted by Crippen LogP contribution is 2.33. The molecule has 1 aliphatic heterocycles. The molecule has 1 fully saturated rings. The quantitative estimate of drug-likeness (QED) is 0.844. The van der Waals surface area contributed by atoms with Gasteiger partial charge in [0.1, 0.15) is 5.41 Å². The Morgan fingerprint density at radius 2 is 2.16 bits per heavy atom. The van der Waals surface area contributed by atoms with Crippen molar-refractivity contribution in [1.29, 1.82) is 5.26 Å². The van der Waals surface area contributed by atoms with Crippen molar-refractivity contribution < 1.29 is 4.74 Å².